The fourth-order valence-corrected chi connectivity index (χ4v) is 2.56. The van der Waals surface area contributed by atoms with Crippen LogP contribution in [0, 0.1) is 11.8 Å². The van der Waals surface area contributed by atoms with Crippen LogP contribution in [0.15, 0.2) is 59.5 Å². The Morgan fingerprint density at radius 3 is 2.30 bits per heavy atom. The molecule has 4 nitrogen and oxygen atoms in total. The van der Waals surface area contributed by atoms with Crippen molar-refractivity contribution >= 4 is 10.0 Å². The molecule has 0 unspecified atom stereocenters. The van der Waals surface area contributed by atoms with Gasteiger partial charge in [-0.05, 0) is 43.3 Å². The topological polar surface area (TPSA) is 63.4 Å². The number of rotatable bonds is 5. The van der Waals surface area contributed by atoms with E-state index in [1.165, 1.54) is 0 Å². The Kier molecular flexibility index (Phi) is 5.94. The summed E-state index contributed by atoms with van der Waals surface area (Å²) in [5.74, 6) is 6.27. The fourth-order valence-electron chi connectivity index (χ4n) is 2.04. The molecular weight excluding hydrogens is 308 g/mol. The molecule has 0 spiro atoms. The van der Waals surface area contributed by atoms with Gasteiger partial charge in [0.25, 0.3) is 0 Å². The van der Waals surface area contributed by atoms with Crippen molar-refractivity contribution in [2.75, 3.05) is 20.1 Å². The third kappa shape index (κ3) is 5.87. The van der Waals surface area contributed by atoms with Gasteiger partial charge in [-0.3, -0.25) is 4.90 Å². The normalized spacial score (nSPS) is 11.1. The number of primary sulfonamides is 1. The predicted octanol–water partition coefficient (Wildman–Crippen LogP) is 1.86. The van der Waals surface area contributed by atoms with Crippen LogP contribution in [0.25, 0.3) is 0 Å². The summed E-state index contributed by atoms with van der Waals surface area (Å²) < 4.78 is 22.4. The monoisotopic (exact) mass is 328 g/mol. The molecule has 0 saturated carbocycles. The van der Waals surface area contributed by atoms with Gasteiger partial charge in [-0.2, -0.15) is 0 Å². The van der Waals surface area contributed by atoms with Gasteiger partial charge in [-0.25, -0.2) is 13.6 Å². The maximum atomic E-state index is 11.2. The Hall–Kier alpha value is -2.13. The van der Waals surface area contributed by atoms with Gasteiger partial charge in [-0.1, -0.05) is 42.2 Å². The summed E-state index contributed by atoms with van der Waals surface area (Å²) in [6, 6.07) is 16.6. The van der Waals surface area contributed by atoms with E-state index in [9.17, 15) is 8.42 Å². The molecule has 120 valence electrons. The zero-order valence-electron chi connectivity index (χ0n) is 13.1. The third-order valence-electron chi connectivity index (χ3n) is 3.39. The summed E-state index contributed by atoms with van der Waals surface area (Å²) in [6.07, 6.45) is 0.828. The van der Waals surface area contributed by atoms with Gasteiger partial charge >= 0.3 is 0 Å². The molecule has 0 aliphatic carbocycles. The first-order chi connectivity index (χ1) is 10.9. The summed E-state index contributed by atoms with van der Waals surface area (Å²) >= 11 is 0. The van der Waals surface area contributed by atoms with E-state index in [4.69, 9.17) is 5.14 Å². The smallest absolute Gasteiger partial charge is 0.238 e. The number of hydrogen-bond acceptors (Lipinski definition) is 3. The molecule has 23 heavy (non-hydrogen) atoms. The molecule has 2 aromatic carbocycles. The molecule has 0 bridgehead atoms. The van der Waals surface area contributed by atoms with E-state index < -0.39 is 10.0 Å². The van der Waals surface area contributed by atoms with Crippen molar-refractivity contribution in [3.8, 4) is 11.8 Å². The standard InChI is InChI=1S/C18H20N2O2S/c1-20(14-5-8-16-6-3-2-4-7-16)15-13-17-9-11-18(12-10-17)23(19,21)22/h2-4,6-7,9-12H,13-15H2,1H3,(H2,19,21,22). The molecule has 0 fully saturated rings. The van der Waals surface area contributed by atoms with Gasteiger partial charge in [0.2, 0.25) is 10.0 Å². The molecule has 0 radical (unpaired) electrons. The van der Waals surface area contributed by atoms with Gasteiger partial charge in [-0.15, -0.1) is 0 Å². The van der Waals surface area contributed by atoms with Crippen LogP contribution in [0.5, 0.6) is 0 Å². The van der Waals surface area contributed by atoms with Gasteiger partial charge in [0.15, 0.2) is 0 Å². The lowest BCUT2D eigenvalue weighted by Crippen LogP contribution is -2.21. The third-order valence-corrected chi connectivity index (χ3v) is 4.32. The average Bonchev–Trinajstić information content (AvgIpc) is 2.53. The summed E-state index contributed by atoms with van der Waals surface area (Å²) in [4.78, 5) is 2.27. The van der Waals surface area contributed by atoms with E-state index >= 15 is 0 Å². The number of hydrogen-bond donors (Lipinski definition) is 1. The van der Waals surface area contributed by atoms with Gasteiger partial charge < -0.3 is 0 Å². The molecule has 0 aliphatic heterocycles. The first-order valence-corrected chi connectivity index (χ1v) is 8.84. The quantitative estimate of drug-likeness (QED) is 0.852. The zero-order valence-corrected chi connectivity index (χ0v) is 13.9. The lowest BCUT2D eigenvalue weighted by Gasteiger charge is -2.13. The molecule has 5 heteroatoms. The molecule has 0 heterocycles. The first kappa shape index (κ1) is 17.2. The molecule has 0 aliphatic rings. The Morgan fingerprint density at radius 1 is 1.04 bits per heavy atom. The van der Waals surface area contributed by atoms with E-state index in [0.29, 0.717) is 6.54 Å². The molecule has 0 amide bonds. The summed E-state index contributed by atoms with van der Waals surface area (Å²) in [5.41, 5.74) is 2.08. The van der Waals surface area contributed by atoms with E-state index in [2.05, 4.69) is 16.7 Å². The van der Waals surface area contributed by atoms with Crippen molar-refractivity contribution in [2.45, 2.75) is 11.3 Å². The Balaban J connectivity index is 1.83. The molecule has 2 N–H and O–H groups in total. The molecule has 0 atom stereocenters. The van der Waals surface area contributed by atoms with Gasteiger partial charge in [0, 0.05) is 12.1 Å². The highest BCUT2D eigenvalue weighted by Crippen LogP contribution is 2.09. The maximum Gasteiger partial charge on any atom is 0.238 e. The van der Waals surface area contributed by atoms with Crippen LogP contribution in [-0.2, 0) is 16.4 Å². The molecule has 0 aromatic heterocycles. The maximum absolute atomic E-state index is 11.2. The van der Waals surface area contributed by atoms with Crippen molar-refractivity contribution in [1.82, 2.24) is 4.90 Å². The minimum atomic E-state index is -3.62. The Morgan fingerprint density at radius 2 is 1.70 bits per heavy atom. The van der Waals surface area contributed by atoms with Crippen LogP contribution in [0.4, 0.5) is 0 Å². The van der Waals surface area contributed by atoms with Crippen molar-refractivity contribution in [2.24, 2.45) is 5.14 Å². The number of nitrogens with zero attached hydrogens (tertiary/aromatic N) is 1. The zero-order chi connectivity index (χ0) is 16.7. The van der Waals surface area contributed by atoms with Crippen molar-refractivity contribution < 1.29 is 8.42 Å². The lowest BCUT2D eigenvalue weighted by molar-refractivity contribution is 0.381. The average molecular weight is 328 g/mol. The van der Waals surface area contributed by atoms with Crippen LogP contribution in [-0.4, -0.2) is 33.5 Å². The fraction of sp³-hybridized carbons (Fsp3) is 0.222. The van der Waals surface area contributed by atoms with Gasteiger partial charge in [0.1, 0.15) is 0 Å². The molecular formula is C18H20N2O2S. The van der Waals surface area contributed by atoms with E-state index in [0.717, 1.165) is 24.1 Å². The number of benzene rings is 2. The van der Waals surface area contributed by atoms with Crippen molar-refractivity contribution in [3.63, 3.8) is 0 Å². The second-order valence-electron chi connectivity index (χ2n) is 5.34. The van der Waals surface area contributed by atoms with E-state index in [-0.39, 0.29) is 4.90 Å². The van der Waals surface area contributed by atoms with Crippen LogP contribution < -0.4 is 5.14 Å². The number of likely N-dealkylation sites (N-methyl/N-ethyl adjacent to an activating group) is 1. The Labute approximate surface area is 138 Å². The SMILES string of the molecule is CN(CC#Cc1ccccc1)CCc1ccc(S(N)(=O)=O)cc1. The summed E-state index contributed by atoms with van der Waals surface area (Å²) in [6.45, 7) is 1.53. The molecule has 0 saturated heterocycles. The van der Waals surface area contributed by atoms with E-state index in [1.807, 2.05) is 37.4 Å². The summed E-state index contributed by atoms with van der Waals surface area (Å²) in [5, 5.41) is 5.08. The summed E-state index contributed by atoms with van der Waals surface area (Å²) in [7, 11) is -1.61. The van der Waals surface area contributed by atoms with Crippen molar-refractivity contribution in [3.05, 3.63) is 65.7 Å². The second-order valence-corrected chi connectivity index (χ2v) is 6.91. The van der Waals surface area contributed by atoms with Gasteiger partial charge in [0.05, 0.1) is 11.4 Å². The van der Waals surface area contributed by atoms with Crippen LogP contribution >= 0.6 is 0 Å². The molecule has 2 aromatic rings. The first-order valence-electron chi connectivity index (χ1n) is 7.29. The van der Waals surface area contributed by atoms with Crippen LogP contribution in [0.2, 0.25) is 0 Å². The highest BCUT2D eigenvalue weighted by atomic mass is 32.2. The highest BCUT2D eigenvalue weighted by Gasteiger charge is 2.06. The minimum absolute atomic E-state index is 0.142. The van der Waals surface area contributed by atoms with Crippen LogP contribution in [0.3, 0.4) is 0 Å². The van der Waals surface area contributed by atoms with Crippen LogP contribution in [0.1, 0.15) is 11.1 Å². The second kappa shape index (κ2) is 7.93. The number of nitrogens with two attached hydrogens (primary N) is 1. The number of sulfonamides is 1. The lowest BCUT2D eigenvalue weighted by atomic mass is 10.1. The highest BCUT2D eigenvalue weighted by molar-refractivity contribution is 7.89. The van der Waals surface area contributed by atoms with Crippen molar-refractivity contribution in [1.29, 1.82) is 0 Å². The largest absolute Gasteiger partial charge is 0.295 e. The Bertz CT molecular complexity index is 788. The minimum Gasteiger partial charge on any atom is -0.295 e. The molecule has 2 rings (SSSR count). The predicted molar refractivity (Wildman–Crippen MR) is 92.3 cm³/mol. The van der Waals surface area contributed by atoms with E-state index in [1.54, 1.807) is 24.3 Å².